The van der Waals surface area contributed by atoms with Crippen LogP contribution in [0.3, 0.4) is 0 Å². The van der Waals surface area contributed by atoms with Gasteiger partial charge in [-0.3, -0.25) is 9.89 Å². The summed E-state index contributed by atoms with van der Waals surface area (Å²) >= 11 is 0. The van der Waals surface area contributed by atoms with E-state index in [2.05, 4.69) is 29.3 Å². The number of hydrogen-bond donors (Lipinski definition) is 1. The summed E-state index contributed by atoms with van der Waals surface area (Å²) in [6.45, 7) is 3.87. The van der Waals surface area contributed by atoms with E-state index in [-0.39, 0.29) is 5.91 Å². The molecule has 2 unspecified atom stereocenters. The molecular formula is C17H19N3O. The fourth-order valence-electron chi connectivity index (χ4n) is 3.24. The Bertz CT molecular complexity index is 674. The summed E-state index contributed by atoms with van der Waals surface area (Å²) in [6.07, 6.45) is 2.47. The molecule has 1 aromatic heterocycles. The number of nitrogens with zero attached hydrogens (tertiary/aromatic N) is 2. The molecule has 1 amide bonds. The molecular weight excluding hydrogens is 262 g/mol. The fourth-order valence-corrected chi connectivity index (χ4v) is 3.24. The van der Waals surface area contributed by atoms with E-state index in [0.717, 1.165) is 42.6 Å². The first-order valence-corrected chi connectivity index (χ1v) is 7.62. The third-order valence-corrected chi connectivity index (χ3v) is 4.74. The second-order valence-electron chi connectivity index (χ2n) is 6.33. The van der Waals surface area contributed by atoms with Crippen LogP contribution in [0, 0.1) is 18.8 Å². The number of piperidine rings is 1. The summed E-state index contributed by atoms with van der Waals surface area (Å²) in [4.78, 5) is 14.5. The Morgan fingerprint density at radius 3 is 2.86 bits per heavy atom. The molecule has 2 aliphatic rings. The average molecular weight is 281 g/mol. The molecule has 108 valence electrons. The maximum Gasteiger partial charge on any atom is 0.271 e. The monoisotopic (exact) mass is 281 g/mol. The summed E-state index contributed by atoms with van der Waals surface area (Å²) in [5.41, 5.74) is 3.69. The number of carbonyl (C=O) groups is 1. The van der Waals surface area contributed by atoms with Crippen LogP contribution in [-0.4, -0.2) is 34.1 Å². The third-order valence-electron chi connectivity index (χ3n) is 4.74. The van der Waals surface area contributed by atoms with E-state index in [1.54, 1.807) is 0 Å². The van der Waals surface area contributed by atoms with Gasteiger partial charge < -0.3 is 4.90 Å². The zero-order chi connectivity index (χ0) is 14.4. The van der Waals surface area contributed by atoms with E-state index in [0.29, 0.717) is 5.69 Å². The molecule has 2 heterocycles. The highest BCUT2D eigenvalue weighted by Crippen LogP contribution is 2.44. The van der Waals surface area contributed by atoms with Crippen molar-refractivity contribution in [3.8, 4) is 11.3 Å². The zero-order valence-electron chi connectivity index (χ0n) is 12.2. The normalized spacial score (nSPS) is 23.8. The fraction of sp³-hybridized carbons (Fsp3) is 0.412. The molecule has 1 saturated carbocycles. The minimum absolute atomic E-state index is 0.0891. The molecule has 2 aromatic rings. The van der Waals surface area contributed by atoms with Gasteiger partial charge in [-0.1, -0.05) is 29.8 Å². The number of H-pyrrole nitrogens is 1. The predicted molar refractivity (Wildman–Crippen MR) is 80.9 cm³/mol. The van der Waals surface area contributed by atoms with Crippen molar-refractivity contribution in [2.45, 2.75) is 19.8 Å². The van der Waals surface area contributed by atoms with Crippen molar-refractivity contribution >= 4 is 5.91 Å². The van der Waals surface area contributed by atoms with Gasteiger partial charge in [-0.25, -0.2) is 0 Å². The van der Waals surface area contributed by atoms with Gasteiger partial charge in [0.2, 0.25) is 0 Å². The van der Waals surface area contributed by atoms with E-state index >= 15 is 0 Å². The molecule has 1 aliphatic heterocycles. The summed E-state index contributed by atoms with van der Waals surface area (Å²) in [5, 5.41) is 7.19. The number of fused-ring (bicyclic) bond motifs is 1. The Kier molecular flexibility index (Phi) is 2.84. The van der Waals surface area contributed by atoms with Gasteiger partial charge in [0.25, 0.3) is 5.91 Å². The summed E-state index contributed by atoms with van der Waals surface area (Å²) in [5.74, 6) is 1.73. The standard InChI is InChI=1S/C17H19N3O/c1-11-2-4-12(5-3-11)15-9-16(19-18-15)17(21)20-7-6-13-8-14(13)10-20/h2-5,9,13-14H,6-8,10H2,1H3,(H,18,19). The molecule has 21 heavy (non-hydrogen) atoms. The minimum Gasteiger partial charge on any atom is -0.337 e. The maximum absolute atomic E-state index is 12.5. The lowest BCUT2D eigenvalue weighted by Gasteiger charge is -2.25. The van der Waals surface area contributed by atoms with Crippen LogP contribution in [0.5, 0.6) is 0 Å². The number of hydrogen-bond acceptors (Lipinski definition) is 2. The van der Waals surface area contributed by atoms with Crippen molar-refractivity contribution < 1.29 is 4.79 Å². The molecule has 1 aliphatic carbocycles. The Morgan fingerprint density at radius 1 is 1.29 bits per heavy atom. The Labute approximate surface area is 124 Å². The van der Waals surface area contributed by atoms with Gasteiger partial charge in [0.15, 0.2) is 0 Å². The quantitative estimate of drug-likeness (QED) is 0.920. The first-order valence-electron chi connectivity index (χ1n) is 7.62. The van der Waals surface area contributed by atoms with Crippen LogP contribution < -0.4 is 0 Å². The van der Waals surface area contributed by atoms with Gasteiger partial charge in [0, 0.05) is 18.7 Å². The van der Waals surface area contributed by atoms with Crippen molar-refractivity contribution in [2.75, 3.05) is 13.1 Å². The van der Waals surface area contributed by atoms with Gasteiger partial charge in [0.1, 0.15) is 5.69 Å². The highest BCUT2D eigenvalue weighted by Gasteiger charge is 2.42. The molecule has 1 saturated heterocycles. The summed E-state index contributed by atoms with van der Waals surface area (Å²) in [6, 6.07) is 10.1. The first-order chi connectivity index (χ1) is 10.2. The van der Waals surface area contributed by atoms with Crippen molar-refractivity contribution in [2.24, 2.45) is 11.8 Å². The Hall–Kier alpha value is -2.10. The molecule has 0 radical (unpaired) electrons. The van der Waals surface area contributed by atoms with Crippen LogP contribution in [0.4, 0.5) is 0 Å². The number of aromatic nitrogens is 2. The SMILES string of the molecule is Cc1ccc(-c2cc(C(=O)N3CCC4CC4C3)[nH]n2)cc1. The highest BCUT2D eigenvalue weighted by molar-refractivity contribution is 5.93. The topological polar surface area (TPSA) is 49.0 Å². The van der Waals surface area contributed by atoms with Gasteiger partial charge >= 0.3 is 0 Å². The van der Waals surface area contributed by atoms with Crippen LogP contribution in [-0.2, 0) is 0 Å². The summed E-state index contributed by atoms with van der Waals surface area (Å²) in [7, 11) is 0. The van der Waals surface area contributed by atoms with Gasteiger partial charge in [-0.2, -0.15) is 5.10 Å². The first kappa shape index (κ1) is 12.6. The lowest BCUT2D eigenvalue weighted by molar-refractivity contribution is 0.0710. The number of amides is 1. The number of rotatable bonds is 2. The van der Waals surface area contributed by atoms with E-state index in [4.69, 9.17) is 0 Å². The van der Waals surface area contributed by atoms with Crippen LogP contribution in [0.25, 0.3) is 11.3 Å². The van der Waals surface area contributed by atoms with Crippen LogP contribution in [0.15, 0.2) is 30.3 Å². The second-order valence-corrected chi connectivity index (χ2v) is 6.33. The number of nitrogens with one attached hydrogen (secondary N) is 1. The van der Waals surface area contributed by atoms with E-state index in [1.807, 2.05) is 23.1 Å². The number of aryl methyl sites for hydroxylation is 1. The van der Waals surface area contributed by atoms with Gasteiger partial charge in [-0.05, 0) is 37.7 Å². The zero-order valence-corrected chi connectivity index (χ0v) is 12.2. The Morgan fingerprint density at radius 2 is 2.10 bits per heavy atom. The molecule has 4 rings (SSSR count). The average Bonchev–Trinajstić information content (AvgIpc) is 3.12. The smallest absolute Gasteiger partial charge is 0.271 e. The van der Waals surface area contributed by atoms with Crippen molar-refractivity contribution in [1.29, 1.82) is 0 Å². The molecule has 4 nitrogen and oxygen atoms in total. The van der Waals surface area contributed by atoms with Crippen molar-refractivity contribution in [3.05, 3.63) is 41.6 Å². The minimum atomic E-state index is 0.0891. The van der Waals surface area contributed by atoms with Gasteiger partial charge in [-0.15, -0.1) is 0 Å². The van der Waals surface area contributed by atoms with Crippen LogP contribution >= 0.6 is 0 Å². The molecule has 1 aromatic carbocycles. The van der Waals surface area contributed by atoms with E-state index in [1.165, 1.54) is 12.0 Å². The molecule has 0 spiro atoms. The number of likely N-dealkylation sites (tertiary alicyclic amines) is 1. The van der Waals surface area contributed by atoms with Crippen molar-refractivity contribution in [1.82, 2.24) is 15.1 Å². The van der Waals surface area contributed by atoms with E-state index < -0.39 is 0 Å². The number of aromatic amines is 1. The molecule has 0 bridgehead atoms. The predicted octanol–water partition coefficient (Wildman–Crippen LogP) is 2.87. The molecule has 4 heteroatoms. The highest BCUT2D eigenvalue weighted by atomic mass is 16.2. The number of benzene rings is 1. The lowest BCUT2D eigenvalue weighted by atomic mass is 10.1. The Balaban J connectivity index is 1.53. The molecule has 1 N–H and O–H groups in total. The van der Waals surface area contributed by atoms with Gasteiger partial charge in [0.05, 0.1) is 5.69 Å². The van der Waals surface area contributed by atoms with Crippen molar-refractivity contribution in [3.63, 3.8) is 0 Å². The largest absolute Gasteiger partial charge is 0.337 e. The molecule has 2 atom stereocenters. The van der Waals surface area contributed by atoms with E-state index in [9.17, 15) is 4.79 Å². The molecule has 2 fully saturated rings. The van der Waals surface area contributed by atoms with Crippen LogP contribution in [0.2, 0.25) is 0 Å². The lowest BCUT2D eigenvalue weighted by Crippen LogP contribution is -2.37. The number of carbonyl (C=O) groups excluding carboxylic acids is 1. The second kappa shape index (κ2) is 4.72. The summed E-state index contributed by atoms with van der Waals surface area (Å²) < 4.78 is 0. The van der Waals surface area contributed by atoms with Crippen LogP contribution in [0.1, 0.15) is 28.9 Å². The third kappa shape index (κ3) is 2.35. The maximum atomic E-state index is 12.5.